The van der Waals surface area contributed by atoms with Gasteiger partial charge in [0.15, 0.2) is 23.1 Å². The number of carbonyl (C=O) groups excluding carboxylic acids is 1. The first-order valence-corrected chi connectivity index (χ1v) is 7.04. The van der Waals surface area contributed by atoms with E-state index < -0.39 is 0 Å². The van der Waals surface area contributed by atoms with Crippen molar-refractivity contribution in [3.05, 3.63) is 35.7 Å². The van der Waals surface area contributed by atoms with E-state index in [0.717, 1.165) is 24.1 Å². The second-order valence-corrected chi connectivity index (χ2v) is 4.95. The van der Waals surface area contributed by atoms with Crippen molar-refractivity contribution in [3.63, 3.8) is 0 Å². The van der Waals surface area contributed by atoms with E-state index in [-0.39, 0.29) is 11.5 Å². The number of benzene rings is 1. The van der Waals surface area contributed by atoms with Crippen LogP contribution < -0.4 is 4.74 Å². The fourth-order valence-electron chi connectivity index (χ4n) is 2.46. The van der Waals surface area contributed by atoms with Crippen LogP contribution in [-0.2, 0) is 6.42 Å². The van der Waals surface area contributed by atoms with Gasteiger partial charge in [-0.15, -0.1) is 0 Å². The van der Waals surface area contributed by atoms with E-state index in [0.29, 0.717) is 30.2 Å². The van der Waals surface area contributed by atoms with E-state index in [4.69, 9.17) is 4.74 Å². The zero-order valence-electron chi connectivity index (χ0n) is 11.8. The second kappa shape index (κ2) is 5.52. The molecule has 0 unspecified atom stereocenters. The first-order chi connectivity index (χ1) is 10.2. The van der Waals surface area contributed by atoms with Crippen molar-refractivity contribution in [1.82, 2.24) is 9.97 Å². The Morgan fingerprint density at radius 1 is 1.33 bits per heavy atom. The number of Topliss-reactive ketones (excluding diaryl/α,β-unsaturated/α-hetero) is 1. The standard InChI is InChI=1S/C16H16N2O3/c1-2-21-15-8-10(6-7-14(15)20)16-17-9-11-12(18-16)4-3-5-13(11)19/h6-9,20H,2-5H2,1H3. The van der Waals surface area contributed by atoms with Crippen LogP contribution in [0.25, 0.3) is 11.4 Å². The number of hydrogen-bond acceptors (Lipinski definition) is 5. The van der Waals surface area contributed by atoms with E-state index in [9.17, 15) is 9.90 Å². The Morgan fingerprint density at radius 2 is 2.19 bits per heavy atom. The molecule has 1 aliphatic rings. The number of aromatic hydroxyl groups is 1. The van der Waals surface area contributed by atoms with Gasteiger partial charge in [0.2, 0.25) is 0 Å². The molecule has 0 fully saturated rings. The van der Waals surface area contributed by atoms with Crippen LogP contribution >= 0.6 is 0 Å². The van der Waals surface area contributed by atoms with Gasteiger partial charge in [0.25, 0.3) is 0 Å². The zero-order valence-corrected chi connectivity index (χ0v) is 11.8. The van der Waals surface area contributed by atoms with E-state index in [1.807, 2.05) is 6.92 Å². The summed E-state index contributed by atoms with van der Waals surface area (Å²) < 4.78 is 5.37. The number of fused-ring (bicyclic) bond motifs is 1. The van der Waals surface area contributed by atoms with Crippen LogP contribution in [0.2, 0.25) is 0 Å². The van der Waals surface area contributed by atoms with Crippen LogP contribution in [0.4, 0.5) is 0 Å². The normalized spacial score (nSPS) is 13.9. The van der Waals surface area contributed by atoms with E-state index in [1.54, 1.807) is 24.4 Å². The Hall–Kier alpha value is -2.43. The highest BCUT2D eigenvalue weighted by Crippen LogP contribution is 2.31. The molecule has 1 aromatic carbocycles. The average Bonchev–Trinajstić information content (AvgIpc) is 2.50. The number of carbonyl (C=O) groups is 1. The summed E-state index contributed by atoms with van der Waals surface area (Å²) in [4.78, 5) is 20.6. The van der Waals surface area contributed by atoms with Crippen LogP contribution in [0.3, 0.4) is 0 Å². The lowest BCUT2D eigenvalue weighted by Gasteiger charge is -2.14. The molecule has 2 aromatic rings. The minimum atomic E-state index is 0.0914. The number of rotatable bonds is 3. The smallest absolute Gasteiger partial charge is 0.166 e. The highest BCUT2D eigenvalue weighted by Gasteiger charge is 2.20. The molecule has 3 rings (SSSR count). The Labute approximate surface area is 122 Å². The molecule has 0 amide bonds. The summed E-state index contributed by atoms with van der Waals surface area (Å²) in [7, 11) is 0. The predicted molar refractivity (Wildman–Crippen MR) is 77.6 cm³/mol. The molecule has 5 heteroatoms. The van der Waals surface area contributed by atoms with Gasteiger partial charge in [-0.3, -0.25) is 4.79 Å². The van der Waals surface area contributed by atoms with E-state index in [1.165, 1.54) is 0 Å². The van der Waals surface area contributed by atoms with Gasteiger partial charge >= 0.3 is 0 Å². The van der Waals surface area contributed by atoms with Crippen LogP contribution in [0.1, 0.15) is 35.8 Å². The van der Waals surface area contributed by atoms with Gasteiger partial charge < -0.3 is 9.84 Å². The average molecular weight is 284 g/mol. The Balaban J connectivity index is 2.01. The molecule has 0 aliphatic heterocycles. The minimum Gasteiger partial charge on any atom is -0.504 e. The fraction of sp³-hybridized carbons (Fsp3) is 0.312. The number of hydrogen-bond donors (Lipinski definition) is 1. The SMILES string of the molecule is CCOc1cc(-c2ncc3c(n2)CCCC3=O)ccc1O. The lowest BCUT2D eigenvalue weighted by atomic mass is 9.96. The van der Waals surface area contributed by atoms with Crippen molar-refractivity contribution in [2.75, 3.05) is 6.61 Å². The van der Waals surface area contributed by atoms with Gasteiger partial charge in [-0.05, 0) is 38.0 Å². The number of phenolic OH excluding ortho intramolecular Hbond substituents is 1. The first-order valence-electron chi connectivity index (χ1n) is 7.04. The molecule has 108 valence electrons. The Bertz CT molecular complexity index is 698. The molecule has 0 radical (unpaired) electrons. The van der Waals surface area contributed by atoms with E-state index in [2.05, 4.69) is 9.97 Å². The third-order valence-electron chi connectivity index (χ3n) is 3.50. The summed E-state index contributed by atoms with van der Waals surface area (Å²) in [5.41, 5.74) is 2.20. The topological polar surface area (TPSA) is 72.3 Å². The first kappa shape index (κ1) is 13.5. The summed E-state index contributed by atoms with van der Waals surface area (Å²) in [6, 6.07) is 5.02. The molecule has 1 aliphatic carbocycles. The molecular formula is C16H16N2O3. The van der Waals surface area contributed by atoms with Gasteiger partial charge in [-0.25, -0.2) is 9.97 Å². The maximum atomic E-state index is 11.8. The lowest BCUT2D eigenvalue weighted by molar-refractivity contribution is 0.0971. The third-order valence-corrected chi connectivity index (χ3v) is 3.50. The molecule has 1 heterocycles. The second-order valence-electron chi connectivity index (χ2n) is 4.95. The van der Waals surface area contributed by atoms with Gasteiger partial charge in [-0.1, -0.05) is 0 Å². The number of nitrogens with zero attached hydrogens (tertiary/aromatic N) is 2. The number of aromatic nitrogens is 2. The van der Waals surface area contributed by atoms with Crippen LogP contribution in [-0.4, -0.2) is 27.5 Å². The van der Waals surface area contributed by atoms with Gasteiger partial charge in [-0.2, -0.15) is 0 Å². The Morgan fingerprint density at radius 3 is 3.00 bits per heavy atom. The molecule has 5 nitrogen and oxygen atoms in total. The summed E-state index contributed by atoms with van der Waals surface area (Å²) in [6.45, 7) is 2.32. The summed E-state index contributed by atoms with van der Waals surface area (Å²) in [5.74, 6) is 1.16. The molecule has 1 aromatic heterocycles. The van der Waals surface area contributed by atoms with Crippen LogP contribution in [0.5, 0.6) is 11.5 Å². The highest BCUT2D eigenvalue weighted by atomic mass is 16.5. The highest BCUT2D eigenvalue weighted by molar-refractivity contribution is 5.97. The Kier molecular flexibility index (Phi) is 3.56. The maximum absolute atomic E-state index is 11.8. The van der Waals surface area contributed by atoms with Gasteiger partial charge in [0.05, 0.1) is 17.9 Å². The summed E-state index contributed by atoms with van der Waals surface area (Å²) in [6.07, 6.45) is 3.81. The van der Waals surface area contributed by atoms with Crippen molar-refractivity contribution in [1.29, 1.82) is 0 Å². The monoisotopic (exact) mass is 284 g/mol. The minimum absolute atomic E-state index is 0.0914. The number of phenols is 1. The molecule has 0 saturated carbocycles. The summed E-state index contributed by atoms with van der Waals surface area (Å²) >= 11 is 0. The fourth-order valence-corrected chi connectivity index (χ4v) is 2.46. The van der Waals surface area contributed by atoms with Crippen LogP contribution in [0.15, 0.2) is 24.4 Å². The van der Waals surface area contributed by atoms with Crippen molar-refractivity contribution < 1.29 is 14.6 Å². The zero-order chi connectivity index (χ0) is 14.8. The molecule has 21 heavy (non-hydrogen) atoms. The number of ketones is 1. The summed E-state index contributed by atoms with van der Waals surface area (Å²) in [5, 5.41) is 9.73. The number of aryl methyl sites for hydroxylation is 1. The molecule has 1 N–H and O–H groups in total. The van der Waals surface area contributed by atoms with Gasteiger partial charge in [0.1, 0.15) is 0 Å². The van der Waals surface area contributed by atoms with Gasteiger partial charge in [0, 0.05) is 18.2 Å². The third kappa shape index (κ3) is 2.59. The lowest BCUT2D eigenvalue weighted by Crippen LogP contribution is -2.13. The molecule has 0 atom stereocenters. The molecular weight excluding hydrogens is 268 g/mol. The van der Waals surface area contributed by atoms with Crippen molar-refractivity contribution in [2.24, 2.45) is 0 Å². The molecule has 0 saturated heterocycles. The molecule has 0 bridgehead atoms. The van der Waals surface area contributed by atoms with Crippen molar-refractivity contribution >= 4 is 5.78 Å². The quantitative estimate of drug-likeness (QED) is 0.938. The van der Waals surface area contributed by atoms with Crippen molar-refractivity contribution in [2.45, 2.75) is 26.2 Å². The predicted octanol–water partition coefficient (Wildman–Crippen LogP) is 2.77. The largest absolute Gasteiger partial charge is 0.504 e. The molecule has 0 spiro atoms. The van der Waals surface area contributed by atoms with Crippen molar-refractivity contribution in [3.8, 4) is 22.9 Å². The van der Waals surface area contributed by atoms with E-state index >= 15 is 0 Å². The maximum Gasteiger partial charge on any atom is 0.166 e. The van der Waals surface area contributed by atoms with Crippen LogP contribution in [0, 0.1) is 0 Å². The number of ether oxygens (including phenoxy) is 1.